The fourth-order valence-electron chi connectivity index (χ4n) is 2.27. The summed E-state index contributed by atoms with van der Waals surface area (Å²) in [6, 6.07) is 9.46. The van der Waals surface area contributed by atoms with E-state index in [1.807, 2.05) is 30.3 Å². The molecule has 20 heavy (non-hydrogen) atoms. The molecule has 0 spiro atoms. The molecule has 2 rings (SSSR count). The average Bonchev–Trinajstić information content (AvgIpc) is 2.48. The molecule has 1 fully saturated rings. The lowest BCUT2D eigenvalue weighted by molar-refractivity contribution is -0.302. The third-order valence-corrected chi connectivity index (χ3v) is 3.37. The number of aliphatic hydroxyl groups excluding tert-OH is 3. The second-order valence-corrected chi connectivity index (χ2v) is 4.70. The van der Waals surface area contributed by atoms with Gasteiger partial charge in [-0.3, -0.25) is 0 Å². The van der Waals surface area contributed by atoms with E-state index < -0.39 is 37.3 Å². The molecule has 5 atom stereocenters. The predicted octanol–water partition coefficient (Wildman–Crippen LogP) is -0.343. The topological polar surface area (TPSA) is 88.4 Å². The standard InChI is InChI=1S/C14H20O6/c1-18-12-11(16)10(7-15)20-14(17)13(12)19-8-9-5-3-2-4-6-9/h2-6,10-17H,7-8H2,1H3/t10-,11-,12+,13-,14+/m1/s1. The van der Waals surface area contributed by atoms with Gasteiger partial charge in [-0.2, -0.15) is 0 Å². The molecule has 1 heterocycles. The molecular formula is C14H20O6. The maximum Gasteiger partial charge on any atom is 0.184 e. The van der Waals surface area contributed by atoms with Crippen LogP contribution in [0, 0.1) is 0 Å². The van der Waals surface area contributed by atoms with Gasteiger partial charge in [-0.15, -0.1) is 0 Å². The largest absolute Gasteiger partial charge is 0.394 e. The predicted molar refractivity (Wildman–Crippen MR) is 69.8 cm³/mol. The van der Waals surface area contributed by atoms with Crippen LogP contribution in [0.1, 0.15) is 5.56 Å². The van der Waals surface area contributed by atoms with Crippen molar-refractivity contribution in [1.29, 1.82) is 0 Å². The molecule has 1 aliphatic heterocycles. The van der Waals surface area contributed by atoms with Gasteiger partial charge in [0.25, 0.3) is 0 Å². The average molecular weight is 284 g/mol. The first kappa shape index (κ1) is 15.4. The summed E-state index contributed by atoms with van der Waals surface area (Å²) < 4.78 is 15.9. The number of ether oxygens (including phenoxy) is 3. The first-order valence-electron chi connectivity index (χ1n) is 6.48. The van der Waals surface area contributed by atoms with Crippen molar-refractivity contribution < 1.29 is 29.5 Å². The maximum absolute atomic E-state index is 10.0. The Morgan fingerprint density at radius 3 is 2.45 bits per heavy atom. The Hall–Kier alpha value is -1.02. The zero-order valence-electron chi connectivity index (χ0n) is 11.3. The van der Waals surface area contributed by atoms with Crippen molar-refractivity contribution in [3.05, 3.63) is 35.9 Å². The van der Waals surface area contributed by atoms with Crippen molar-refractivity contribution in [3.63, 3.8) is 0 Å². The summed E-state index contributed by atoms with van der Waals surface area (Å²) in [4.78, 5) is 0. The first-order chi connectivity index (χ1) is 9.67. The van der Waals surface area contributed by atoms with Crippen LogP contribution in [0.15, 0.2) is 30.3 Å². The SMILES string of the molecule is CO[C@H]1[C@H](O)[C@@H](CO)O[C@H](O)[C@@H]1OCc1ccccc1. The van der Waals surface area contributed by atoms with Crippen LogP contribution in [0.3, 0.4) is 0 Å². The summed E-state index contributed by atoms with van der Waals surface area (Å²) in [6.45, 7) is -0.133. The van der Waals surface area contributed by atoms with Gasteiger partial charge < -0.3 is 29.5 Å². The lowest BCUT2D eigenvalue weighted by Gasteiger charge is -2.41. The molecule has 1 aliphatic rings. The van der Waals surface area contributed by atoms with E-state index in [0.29, 0.717) is 0 Å². The minimum Gasteiger partial charge on any atom is -0.394 e. The van der Waals surface area contributed by atoms with Gasteiger partial charge in [-0.1, -0.05) is 30.3 Å². The van der Waals surface area contributed by atoms with Crippen LogP contribution in [0.4, 0.5) is 0 Å². The Kier molecular flexibility index (Phi) is 5.47. The lowest BCUT2D eigenvalue weighted by atomic mass is 9.99. The van der Waals surface area contributed by atoms with Gasteiger partial charge in [0, 0.05) is 7.11 Å². The second kappa shape index (κ2) is 7.12. The molecule has 6 nitrogen and oxygen atoms in total. The molecule has 0 saturated carbocycles. The second-order valence-electron chi connectivity index (χ2n) is 4.70. The molecule has 1 aromatic carbocycles. The Bertz CT molecular complexity index is 398. The van der Waals surface area contributed by atoms with Gasteiger partial charge in [0.2, 0.25) is 0 Å². The zero-order valence-corrected chi connectivity index (χ0v) is 11.3. The Labute approximate surface area is 117 Å². The third kappa shape index (κ3) is 3.35. The molecule has 0 unspecified atom stereocenters. The summed E-state index contributed by atoms with van der Waals surface area (Å²) in [5.74, 6) is 0. The van der Waals surface area contributed by atoms with Crippen LogP contribution >= 0.6 is 0 Å². The van der Waals surface area contributed by atoms with Crippen LogP contribution in [-0.4, -0.2) is 59.7 Å². The van der Waals surface area contributed by atoms with Crippen LogP contribution in [0.25, 0.3) is 0 Å². The number of aliphatic hydroxyl groups is 3. The number of methoxy groups -OCH3 is 1. The van der Waals surface area contributed by atoms with Crippen molar-refractivity contribution in [2.75, 3.05) is 13.7 Å². The zero-order chi connectivity index (χ0) is 14.5. The summed E-state index contributed by atoms with van der Waals surface area (Å²) in [6.07, 6.45) is -4.79. The van der Waals surface area contributed by atoms with Crippen molar-refractivity contribution in [2.45, 2.75) is 37.3 Å². The summed E-state index contributed by atoms with van der Waals surface area (Å²) in [7, 11) is 1.42. The lowest BCUT2D eigenvalue weighted by Crippen LogP contribution is -2.59. The normalized spacial score (nSPS) is 34.1. The molecule has 0 aromatic heterocycles. The van der Waals surface area contributed by atoms with E-state index in [1.165, 1.54) is 7.11 Å². The molecule has 112 valence electrons. The van der Waals surface area contributed by atoms with Gasteiger partial charge in [0.15, 0.2) is 6.29 Å². The van der Waals surface area contributed by atoms with Crippen molar-refractivity contribution in [2.24, 2.45) is 0 Å². The van der Waals surface area contributed by atoms with Crippen molar-refractivity contribution in [3.8, 4) is 0 Å². The summed E-state index contributed by atoms with van der Waals surface area (Å²) in [5.41, 5.74) is 0.938. The molecule has 3 N–H and O–H groups in total. The molecule has 0 amide bonds. The number of hydrogen-bond donors (Lipinski definition) is 3. The molecule has 1 aromatic rings. The summed E-state index contributed by atoms with van der Waals surface area (Å²) >= 11 is 0. The maximum atomic E-state index is 10.0. The van der Waals surface area contributed by atoms with E-state index in [4.69, 9.17) is 19.3 Å². The van der Waals surface area contributed by atoms with Gasteiger partial charge in [-0.25, -0.2) is 0 Å². The molecule has 1 saturated heterocycles. The van der Waals surface area contributed by atoms with Crippen LogP contribution in [0.2, 0.25) is 0 Å². The van der Waals surface area contributed by atoms with E-state index in [9.17, 15) is 10.2 Å². The molecule has 0 bridgehead atoms. The highest BCUT2D eigenvalue weighted by atomic mass is 16.7. The fourth-order valence-corrected chi connectivity index (χ4v) is 2.27. The van der Waals surface area contributed by atoms with E-state index in [2.05, 4.69) is 0 Å². The summed E-state index contributed by atoms with van der Waals surface area (Å²) in [5, 5.41) is 29.0. The van der Waals surface area contributed by atoms with Gasteiger partial charge in [0.1, 0.15) is 24.4 Å². The van der Waals surface area contributed by atoms with Crippen LogP contribution < -0.4 is 0 Å². The first-order valence-corrected chi connectivity index (χ1v) is 6.48. The van der Waals surface area contributed by atoms with Crippen LogP contribution in [-0.2, 0) is 20.8 Å². The van der Waals surface area contributed by atoms with Gasteiger partial charge in [0.05, 0.1) is 13.2 Å². The third-order valence-electron chi connectivity index (χ3n) is 3.37. The van der Waals surface area contributed by atoms with Gasteiger partial charge in [-0.05, 0) is 5.56 Å². The number of rotatable bonds is 5. The molecule has 0 aliphatic carbocycles. The minimum absolute atomic E-state index is 0.266. The minimum atomic E-state index is -1.26. The number of hydrogen-bond acceptors (Lipinski definition) is 6. The Balaban J connectivity index is 2.01. The van der Waals surface area contributed by atoms with Crippen LogP contribution in [0.5, 0.6) is 0 Å². The van der Waals surface area contributed by atoms with E-state index in [1.54, 1.807) is 0 Å². The highest BCUT2D eigenvalue weighted by Crippen LogP contribution is 2.25. The van der Waals surface area contributed by atoms with E-state index in [-0.39, 0.29) is 6.61 Å². The fraction of sp³-hybridized carbons (Fsp3) is 0.571. The highest BCUT2D eigenvalue weighted by molar-refractivity contribution is 5.13. The Morgan fingerprint density at radius 2 is 1.85 bits per heavy atom. The smallest absolute Gasteiger partial charge is 0.184 e. The quantitative estimate of drug-likeness (QED) is 0.685. The van der Waals surface area contributed by atoms with Crippen molar-refractivity contribution >= 4 is 0 Å². The van der Waals surface area contributed by atoms with Crippen molar-refractivity contribution in [1.82, 2.24) is 0 Å². The Morgan fingerprint density at radius 1 is 1.15 bits per heavy atom. The molecule has 0 radical (unpaired) electrons. The van der Waals surface area contributed by atoms with E-state index >= 15 is 0 Å². The molecule has 6 heteroatoms. The highest BCUT2D eigenvalue weighted by Gasteiger charge is 2.45. The van der Waals surface area contributed by atoms with Gasteiger partial charge >= 0.3 is 0 Å². The molecular weight excluding hydrogens is 264 g/mol. The number of benzene rings is 1. The monoisotopic (exact) mass is 284 g/mol. The van der Waals surface area contributed by atoms with E-state index in [0.717, 1.165) is 5.56 Å².